The molecule has 1 nitrogen and oxygen atoms in total. The second kappa shape index (κ2) is 6.23. The van der Waals surface area contributed by atoms with Crippen LogP contribution in [0.1, 0.15) is 22.6 Å². The molecule has 0 amide bonds. The summed E-state index contributed by atoms with van der Waals surface area (Å²) >= 11 is 5.47. The fourth-order valence-electron chi connectivity index (χ4n) is 2.51. The lowest BCUT2D eigenvalue weighted by molar-refractivity contribution is 0.296. The van der Waals surface area contributed by atoms with E-state index in [1.807, 2.05) is 11.8 Å². The standard InChI is InChI=1S/C17H17BrOS/c1-12-6-7-16(13(8-12)9-18)19-10-14-11-20-17-5-3-2-4-15(14)17/h2-8,14H,9-11H2,1H3. The van der Waals surface area contributed by atoms with Crippen molar-refractivity contribution in [3.05, 3.63) is 59.2 Å². The number of halogens is 1. The van der Waals surface area contributed by atoms with Gasteiger partial charge in [-0.3, -0.25) is 0 Å². The molecule has 1 aliphatic heterocycles. The van der Waals surface area contributed by atoms with Gasteiger partial charge in [0.05, 0.1) is 6.61 Å². The molecule has 1 aliphatic rings. The average molecular weight is 349 g/mol. The third kappa shape index (κ3) is 2.89. The predicted molar refractivity (Wildman–Crippen MR) is 89.2 cm³/mol. The Balaban J connectivity index is 1.72. The van der Waals surface area contributed by atoms with Gasteiger partial charge in [-0.2, -0.15) is 0 Å². The van der Waals surface area contributed by atoms with Crippen LogP contribution >= 0.6 is 27.7 Å². The van der Waals surface area contributed by atoms with Gasteiger partial charge in [0.1, 0.15) is 5.75 Å². The smallest absolute Gasteiger partial charge is 0.123 e. The predicted octanol–water partition coefficient (Wildman–Crippen LogP) is 5.16. The third-order valence-corrected chi connectivity index (χ3v) is 5.45. The Morgan fingerprint density at radius 1 is 1.25 bits per heavy atom. The molecule has 3 rings (SSSR count). The van der Waals surface area contributed by atoms with Crippen LogP contribution in [0.15, 0.2) is 47.4 Å². The van der Waals surface area contributed by atoms with E-state index in [4.69, 9.17) is 4.74 Å². The van der Waals surface area contributed by atoms with Crippen molar-refractivity contribution >= 4 is 27.7 Å². The van der Waals surface area contributed by atoms with Gasteiger partial charge < -0.3 is 4.74 Å². The highest BCUT2D eigenvalue weighted by Gasteiger charge is 2.23. The minimum absolute atomic E-state index is 0.501. The van der Waals surface area contributed by atoms with Crippen LogP contribution in [0.3, 0.4) is 0 Å². The van der Waals surface area contributed by atoms with E-state index in [1.165, 1.54) is 21.6 Å². The highest BCUT2D eigenvalue weighted by atomic mass is 79.9. The first-order valence-corrected chi connectivity index (χ1v) is 8.88. The van der Waals surface area contributed by atoms with Crippen LogP contribution in [-0.2, 0) is 5.33 Å². The first-order valence-electron chi connectivity index (χ1n) is 6.78. The van der Waals surface area contributed by atoms with E-state index < -0.39 is 0 Å². The first-order chi connectivity index (χ1) is 9.78. The zero-order chi connectivity index (χ0) is 13.9. The molecule has 0 saturated carbocycles. The number of alkyl halides is 1. The summed E-state index contributed by atoms with van der Waals surface area (Å²) in [5.41, 5.74) is 3.93. The SMILES string of the molecule is Cc1ccc(OCC2CSc3ccccc32)c(CBr)c1. The summed E-state index contributed by atoms with van der Waals surface area (Å²) in [5, 5.41) is 0.833. The van der Waals surface area contributed by atoms with Gasteiger partial charge in [0, 0.05) is 27.5 Å². The van der Waals surface area contributed by atoms with Crippen LogP contribution in [0.4, 0.5) is 0 Å². The molecule has 2 aromatic rings. The van der Waals surface area contributed by atoms with Crippen LogP contribution < -0.4 is 4.74 Å². The Morgan fingerprint density at radius 3 is 2.95 bits per heavy atom. The molecule has 0 N–H and O–H groups in total. The number of aryl methyl sites for hydroxylation is 1. The lowest BCUT2D eigenvalue weighted by atomic mass is 10.0. The van der Waals surface area contributed by atoms with Crippen molar-refractivity contribution in [2.45, 2.75) is 23.1 Å². The van der Waals surface area contributed by atoms with E-state index in [-0.39, 0.29) is 0 Å². The molecule has 0 radical (unpaired) electrons. The van der Waals surface area contributed by atoms with Gasteiger partial charge in [0.15, 0.2) is 0 Å². The molecule has 0 aliphatic carbocycles. The van der Waals surface area contributed by atoms with Crippen molar-refractivity contribution in [2.75, 3.05) is 12.4 Å². The topological polar surface area (TPSA) is 9.23 Å². The number of ether oxygens (including phenoxy) is 1. The van der Waals surface area contributed by atoms with Crippen LogP contribution in [0.25, 0.3) is 0 Å². The zero-order valence-electron chi connectivity index (χ0n) is 11.4. The Labute approximate surface area is 132 Å². The number of hydrogen-bond donors (Lipinski definition) is 0. The van der Waals surface area contributed by atoms with Crippen molar-refractivity contribution in [1.29, 1.82) is 0 Å². The molecule has 0 aromatic heterocycles. The van der Waals surface area contributed by atoms with E-state index in [0.29, 0.717) is 5.92 Å². The van der Waals surface area contributed by atoms with E-state index in [0.717, 1.165) is 23.4 Å². The van der Waals surface area contributed by atoms with Crippen molar-refractivity contribution in [1.82, 2.24) is 0 Å². The molecular formula is C17H17BrOS. The van der Waals surface area contributed by atoms with E-state index in [2.05, 4.69) is 65.3 Å². The summed E-state index contributed by atoms with van der Waals surface area (Å²) in [4.78, 5) is 1.41. The number of rotatable bonds is 4. The van der Waals surface area contributed by atoms with Gasteiger partial charge in [-0.05, 0) is 24.6 Å². The lowest BCUT2D eigenvalue weighted by Crippen LogP contribution is -2.10. The minimum atomic E-state index is 0.501. The molecule has 1 atom stereocenters. The van der Waals surface area contributed by atoms with E-state index in [9.17, 15) is 0 Å². The maximum atomic E-state index is 6.08. The highest BCUT2D eigenvalue weighted by molar-refractivity contribution is 9.08. The number of benzene rings is 2. The Hall–Kier alpha value is -0.930. The van der Waals surface area contributed by atoms with Crippen LogP contribution in [0.2, 0.25) is 0 Å². The fraction of sp³-hybridized carbons (Fsp3) is 0.294. The first kappa shape index (κ1) is 14.0. The molecule has 0 spiro atoms. The summed E-state index contributed by atoms with van der Waals surface area (Å²) in [6, 6.07) is 15.0. The van der Waals surface area contributed by atoms with Gasteiger partial charge in [-0.15, -0.1) is 11.8 Å². The molecule has 2 aromatic carbocycles. The molecule has 1 unspecified atom stereocenters. The molecule has 104 valence electrons. The van der Waals surface area contributed by atoms with E-state index in [1.54, 1.807) is 0 Å². The summed E-state index contributed by atoms with van der Waals surface area (Å²) in [6.07, 6.45) is 0. The summed E-state index contributed by atoms with van der Waals surface area (Å²) in [6.45, 7) is 2.87. The Kier molecular flexibility index (Phi) is 4.37. The molecule has 20 heavy (non-hydrogen) atoms. The molecule has 3 heteroatoms. The van der Waals surface area contributed by atoms with Gasteiger partial charge in [0.25, 0.3) is 0 Å². The highest BCUT2D eigenvalue weighted by Crippen LogP contribution is 2.39. The third-order valence-electron chi connectivity index (χ3n) is 3.60. The van der Waals surface area contributed by atoms with Gasteiger partial charge >= 0.3 is 0 Å². The summed E-state index contributed by atoms with van der Waals surface area (Å²) < 4.78 is 6.08. The van der Waals surface area contributed by atoms with Crippen molar-refractivity contribution in [3.63, 3.8) is 0 Å². The summed E-state index contributed by atoms with van der Waals surface area (Å²) in [7, 11) is 0. The second-order valence-electron chi connectivity index (χ2n) is 5.10. The number of hydrogen-bond acceptors (Lipinski definition) is 2. The monoisotopic (exact) mass is 348 g/mol. The Bertz CT molecular complexity index is 612. The normalized spacial score (nSPS) is 17.0. The molecule has 0 fully saturated rings. The lowest BCUT2D eigenvalue weighted by Gasteiger charge is -2.15. The van der Waals surface area contributed by atoms with Gasteiger partial charge in [-0.25, -0.2) is 0 Å². The zero-order valence-corrected chi connectivity index (χ0v) is 13.8. The van der Waals surface area contributed by atoms with Crippen molar-refractivity contribution in [2.24, 2.45) is 0 Å². The molecule has 0 bridgehead atoms. The fourth-order valence-corrected chi connectivity index (χ4v) is 4.18. The van der Waals surface area contributed by atoms with Crippen LogP contribution in [-0.4, -0.2) is 12.4 Å². The van der Waals surface area contributed by atoms with Crippen LogP contribution in [0, 0.1) is 6.92 Å². The minimum Gasteiger partial charge on any atom is -0.493 e. The molecule has 1 heterocycles. The quantitative estimate of drug-likeness (QED) is 0.706. The number of thioether (sulfide) groups is 1. The van der Waals surface area contributed by atoms with E-state index >= 15 is 0 Å². The number of fused-ring (bicyclic) bond motifs is 1. The maximum absolute atomic E-state index is 6.08. The Morgan fingerprint density at radius 2 is 2.10 bits per heavy atom. The average Bonchev–Trinajstić information content (AvgIpc) is 2.89. The molecular weight excluding hydrogens is 332 g/mol. The maximum Gasteiger partial charge on any atom is 0.123 e. The van der Waals surface area contributed by atoms with Crippen LogP contribution in [0.5, 0.6) is 5.75 Å². The van der Waals surface area contributed by atoms with Crippen molar-refractivity contribution in [3.8, 4) is 5.75 Å². The largest absolute Gasteiger partial charge is 0.493 e. The summed E-state index contributed by atoms with van der Waals surface area (Å²) in [5.74, 6) is 2.62. The second-order valence-corrected chi connectivity index (χ2v) is 6.72. The van der Waals surface area contributed by atoms with Gasteiger partial charge in [-0.1, -0.05) is 51.8 Å². The van der Waals surface area contributed by atoms with Gasteiger partial charge in [0.2, 0.25) is 0 Å². The molecule has 0 saturated heterocycles. The van der Waals surface area contributed by atoms with Crippen molar-refractivity contribution < 1.29 is 4.74 Å².